The van der Waals surface area contributed by atoms with Gasteiger partial charge >= 0.3 is 0 Å². The van der Waals surface area contributed by atoms with E-state index in [2.05, 4.69) is 19.2 Å². The third-order valence-electron chi connectivity index (χ3n) is 2.64. The Hall–Kier alpha value is -0.800. The summed E-state index contributed by atoms with van der Waals surface area (Å²) in [7, 11) is 0. The van der Waals surface area contributed by atoms with E-state index in [0.29, 0.717) is 12.0 Å². The average molecular weight is 225 g/mol. The van der Waals surface area contributed by atoms with Gasteiger partial charge in [-0.15, -0.1) is 0 Å². The van der Waals surface area contributed by atoms with Crippen LogP contribution in [0.5, 0.6) is 0 Å². The molecule has 3 heteroatoms. The molecule has 0 saturated carbocycles. The maximum atomic E-state index is 5.51. The molecule has 92 valence electrons. The molecule has 0 aliphatic heterocycles. The number of rotatable bonds is 7. The van der Waals surface area contributed by atoms with Crippen LogP contribution in [-0.4, -0.2) is 19.3 Å². The Balaban J connectivity index is 2.37. The van der Waals surface area contributed by atoms with Crippen LogP contribution >= 0.6 is 0 Å². The molecular formula is C13H23NO2. The highest BCUT2D eigenvalue weighted by atomic mass is 16.5. The zero-order valence-corrected chi connectivity index (χ0v) is 10.7. The molecule has 0 spiro atoms. The van der Waals surface area contributed by atoms with Gasteiger partial charge in [0.1, 0.15) is 11.5 Å². The fourth-order valence-electron chi connectivity index (χ4n) is 1.54. The van der Waals surface area contributed by atoms with Gasteiger partial charge in [0.2, 0.25) is 0 Å². The highest BCUT2D eigenvalue weighted by molar-refractivity contribution is 5.05. The van der Waals surface area contributed by atoms with Crippen LogP contribution in [-0.2, 0) is 11.3 Å². The number of ether oxygens (including phenoxy) is 1. The molecule has 1 rings (SSSR count). The monoisotopic (exact) mass is 225 g/mol. The second-order valence-corrected chi connectivity index (χ2v) is 4.40. The van der Waals surface area contributed by atoms with E-state index in [4.69, 9.17) is 9.15 Å². The second kappa shape index (κ2) is 6.71. The van der Waals surface area contributed by atoms with Crippen molar-refractivity contribution in [2.45, 2.75) is 40.3 Å². The molecule has 0 aromatic carbocycles. The molecule has 0 radical (unpaired) electrons. The van der Waals surface area contributed by atoms with E-state index in [-0.39, 0.29) is 0 Å². The first-order valence-electron chi connectivity index (χ1n) is 6.00. The fraction of sp³-hybridized carbons (Fsp3) is 0.692. The Bertz CT molecular complexity index is 294. The molecule has 3 nitrogen and oxygen atoms in total. The molecule has 16 heavy (non-hydrogen) atoms. The molecule has 1 unspecified atom stereocenters. The molecular weight excluding hydrogens is 202 g/mol. The average Bonchev–Trinajstić information content (AvgIpc) is 2.64. The second-order valence-electron chi connectivity index (χ2n) is 4.40. The van der Waals surface area contributed by atoms with Gasteiger partial charge in [0, 0.05) is 12.6 Å². The van der Waals surface area contributed by atoms with E-state index < -0.39 is 0 Å². The first-order valence-corrected chi connectivity index (χ1v) is 6.00. The number of nitrogens with one attached hydrogen (secondary N) is 1. The van der Waals surface area contributed by atoms with Crippen molar-refractivity contribution in [1.82, 2.24) is 5.32 Å². The van der Waals surface area contributed by atoms with Gasteiger partial charge in [-0.1, -0.05) is 13.8 Å². The van der Waals surface area contributed by atoms with Crippen molar-refractivity contribution in [3.63, 3.8) is 0 Å². The predicted octanol–water partition coefficient (Wildman–Crippen LogP) is 2.74. The van der Waals surface area contributed by atoms with Crippen molar-refractivity contribution < 1.29 is 9.15 Å². The summed E-state index contributed by atoms with van der Waals surface area (Å²) < 4.78 is 11.0. The molecule has 1 heterocycles. The minimum Gasteiger partial charge on any atom is -0.465 e. The predicted molar refractivity (Wildman–Crippen MR) is 65.4 cm³/mol. The SMILES string of the molecule is CCOCC(NCc1ccc(C)o1)C(C)C. The largest absolute Gasteiger partial charge is 0.465 e. The summed E-state index contributed by atoms with van der Waals surface area (Å²) in [6.45, 7) is 10.7. The Morgan fingerprint density at radius 3 is 2.62 bits per heavy atom. The van der Waals surface area contributed by atoms with Crippen LogP contribution in [0.4, 0.5) is 0 Å². The topological polar surface area (TPSA) is 34.4 Å². The van der Waals surface area contributed by atoms with Crippen molar-refractivity contribution in [3.8, 4) is 0 Å². The molecule has 1 aromatic heterocycles. The lowest BCUT2D eigenvalue weighted by Gasteiger charge is -2.21. The standard InChI is InChI=1S/C13H23NO2/c1-5-15-9-13(10(2)3)14-8-12-7-6-11(4)16-12/h6-7,10,13-14H,5,8-9H2,1-4H3. The number of hydrogen-bond donors (Lipinski definition) is 1. The lowest BCUT2D eigenvalue weighted by atomic mass is 10.1. The van der Waals surface area contributed by atoms with Crippen LogP contribution in [0.25, 0.3) is 0 Å². The summed E-state index contributed by atoms with van der Waals surface area (Å²) in [5.74, 6) is 2.50. The van der Waals surface area contributed by atoms with Crippen molar-refractivity contribution in [1.29, 1.82) is 0 Å². The van der Waals surface area contributed by atoms with Crippen molar-refractivity contribution in [2.75, 3.05) is 13.2 Å². The Kier molecular flexibility index (Phi) is 5.56. The molecule has 0 amide bonds. The molecule has 1 atom stereocenters. The maximum Gasteiger partial charge on any atom is 0.117 e. The summed E-state index contributed by atoms with van der Waals surface area (Å²) in [6, 6.07) is 4.38. The van der Waals surface area contributed by atoms with Gasteiger partial charge in [0.25, 0.3) is 0 Å². The normalized spacial score (nSPS) is 13.3. The minimum atomic E-state index is 0.380. The smallest absolute Gasteiger partial charge is 0.117 e. The quantitative estimate of drug-likeness (QED) is 0.775. The first kappa shape index (κ1) is 13.3. The third kappa shape index (κ3) is 4.37. The van der Waals surface area contributed by atoms with Gasteiger partial charge in [0.15, 0.2) is 0 Å². The van der Waals surface area contributed by atoms with E-state index in [0.717, 1.165) is 31.3 Å². The van der Waals surface area contributed by atoms with Crippen LogP contribution < -0.4 is 5.32 Å². The van der Waals surface area contributed by atoms with E-state index in [1.807, 2.05) is 26.0 Å². The highest BCUT2D eigenvalue weighted by Crippen LogP contribution is 2.08. The number of furan rings is 1. The van der Waals surface area contributed by atoms with Crippen LogP contribution in [0, 0.1) is 12.8 Å². The summed E-state index contributed by atoms with van der Waals surface area (Å²) >= 11 is 0. The van der Waals surface area contributed by atoms with Crippen LogP contribution in [0.15, 0.2) is 16.5 Å². The molecule has 0 saturated heterocycles. The van der Waals surface area contributed by atoms with Crippen LogP contribution in [0.2, 0.25) is 0 Å². The maximum absolute atomic E-state index is 5.51. The van der Waals surface area contributed by atoms with Crippen molar-refractivity contribution in [2.24, 2.45) is 5.92 Å². The summed E-state index contributed by atoms with van der Waals surface area (Å²) in [6.07, 6.45) is 0. The fourth-order valence-corrected chi connectivity index (χ4v) is 1.54. The Morgan fingerprint density at radius 1 is 1.38 bits per heavy atom. The Labute approximate surface area is 98.2 Å². The molecule has 0 aliphatic carbocycles. The van der Waals surface area contributed by atoms with Gasteiger partial charge in [-0.2, -0.15) is 0 Å². The zero-order valence-electron chi connectivity index (χ0n) is 10.7. The van der Waals surface area contributed by atoms with E-state index in [1.165, 1.54) is 0 Å². The van der Waals surface area contributed by atoms with E-state index in [9.17, 15) is 0 Å². The molecule has 1 N–H and O–H groups in total. The Morgan fingerprint density at radius 2 is 2.12 bits per heavy atom. The lowest BCUT2D eigenvalue weighted by molar-refractivity contribution is 0.107. The summed E-state index contributed by atoms with van der Waals surface area (Å²) in [5.41, 5.74) is 0. The number of hydrogen-bond acceptors (Lipinski definition) is 3. The number of aryl methyl sites for hydroxylation is 1. The molecule has 0 aliphatic rings. The highest BCUT2D eigenvalue weighted by Gasteiger charge is 2.13. The van der Waals surface area contributed by atoms with Crippen LogP contribution in [0.3, 0.4) is 0 Å². The summed E-state index contributed by atoms with van der Waals surface area (Å²) in [5, 5.41) is 3.46. The van der Waals surface area contributed by atoms with Crippen molar-refractivity contribution >= 4 is 0 Å². The van der Waals surface area contributed by atoms with Gasteiger partial charge in [-0.05, 0) is 31.9 Å². The summed E-state index contributed by atoms with van der Waals surface area (Å²) in [4.78, 5) is 0. The molecule has 0 fully saturated rings. The third-order valence-corrected chi connectivity index (χ3v) is 2.64. The van der Waals surface area contributed by atoms with E-state index >= 15 is 0 Å². The van der Waals surface area contributed by atoms with Crippen molar-refractivity contribution in [3.05, 3.63) is 23.7 Å². The molecule has 1 aromatic rings. The first-order chi connectivity index (χ1) is 7.63. The van der Waals surface area contributed by atoms with Gasteiger partial charge < -0.3 is 14.5 Å². The minimum absolute atomic E-state index is 0.380. The van der Waals surface area contributed by atoms with Gasteiger partial charge in [-0.25, -0.2) is 0 Å². The van der Waals surface area contributed by atoms with E-state index in [1.54, 1.807) is 0 Å². The zero-order chi connectivity index (χ0) is 12.0. The van der Waals surface area contributed by atoms with Crippen LogP contribution in [0.1, 0.15) is 32.3 Å². The lowest BCUT2D eigenvalue weighted by Crippen LogP contribution is -2.37. The van der Waals surface area contributed by atoms with Gasteiger partial charge in [0.05, 0.1) is 13.2 Å². The van der Waals surface area contributed by atoms with Gasteiger partial charge in [-0.3, -0.25) is 0 Å². The molecule has 0 bridgehead atoms.